The maximum Gasteiger partial charge on any atom is 0.313 e. The molecule has 0 bridgehead atoms. The van der Waals surface area contributed by atoms with Gasteiger partial charge in [-0.05, 0) is 50.2 Å². The third-order valence-electron chi connectivity index (χ3n) is 9.09. The molecule has 0 saturated carbocycles. The minimum absolute atomic E-state index is 0.133. The SMILES string of the molecule is CC[C@@]12/C=C\CCCOC(=O)[C@@H]1[C@H]1C(=O)N([C@@H](CO)C(C)C)C3C(=O)N(c4c(C)cccc4C)CC=C[C@@]31O2. The van der Waals surface area contributed by atoms with Crippen molar-refractivity contribution in [1.82, 2.24) is 4.90 Å². The minimum Gasteiger partial charge on any atom is -0.465 e. The summed E-state index contributed by atoms with van der Waals surface area (Å²) in [6, 6.07) is 4.22. The van der Waals surface area contributed by atoms with Crippen LogP contribution in [0.4, 0.5) is 5.69 Å². The fraction of sp³-hybridized carbons (Fsp3) is 0.581. The Morgan fingerprint density at radius 1 is 1.05 bits per heavy atom. The molecule has 2 amide bonds. The maximum atomic E-state index is 14.7. The zero-order valence-corrected chi connectivity index (χ0v) is 23.6. The molecule has 5 rings (SSSR count). The lowest BCUT2D eigenvalue weighted by molar-refractivity contribution is -0.161. The first-order valence-corrected chi connectivity index (χ1v) is 14.2. The zero-order chi connectivity index (χ0) is 28.1. The van der Waals surface area contributed by atoms with Crippen LogP contribution in [0.3, 0.4) is 0 Å². The van der Waals surface area contributed by atoms with E-state index in [0.29, 0.717) is 19.4 Å². The normalized spacial score (nSPS) is 34.0. The molecule has 4 heterocycles. The zero-order valence-electron chi connectivity index (χ0n) is 23.6. The Morgan fingerprint density at radius 3 is 2.41 bits per heavy atom. The van der Waals surface area contributed by atoms with Crippen molar-refractivity contribution in [3.8, 4) is 0 Å². The van der Waals surface area contributed by atoms with Crippen LogP contribution in [0.15, 0.2) is 42.5 Å². The van der Waals surface area contributed by atoms with E-state index in [1.54, 1.807) is 4.90 Å². The van der Waals surface area contributed by atoms with Gasteiger partial charge in [0.25, 0.3) is 5.91 Å². The number of carbonyl (C=O) groups excluding carboxylic acids is 3. The van der Waals surface area contributed by atoms with Gasteiger partial charge in [0.1, 0.15) is 23.2 Å². The number of carbonyl (C=O) groups is 3. The Bertz CT molecular complexity index is 1200. The van der Waals surface area contributed by atoms with E-state index in [9.17, 15) is 19.5 Å². The van der Waals surface area contributed by atoms with E-state index in [-0.39, 0.29) is 30.9 Å². The molecule has 1 aromatic rings. The van der Waals surface area contributed by atoms with E-state index >= 15 is 0 Å². The Kier molecular flexibility index (Phi) is 7.22. The smallest absolute Gasteiger partial charge is 0.313 e. The molecule has 4 aliphatic rings. The van der Waals surface area contributed by atoms with E-state index < -0.39 is 41.1 Å². The van der Waals surface area contributed by atoms with Gasteiger partial charge in [0.15, 0.2) is 0 Å². The first-order valence-electron chi connectivity index (χ1n) is 14.2. The third kappa shape index (κ3) is 4.06. The fourth-order valence-corrected chi connectivity index (χ4v) is 7.22. The topological polar surface area (TPSA) is 96.4 Å². The van der Waals surface area contributed by atoms with Crippen molar-refractivity contribution in [1.29, 1.82) is 0 Å². The molecule has 0 aliphatic carbocycles. The number of fused-ring (bicyclic) bond motifs is 2. The fourth-order valence-electron chi connectivity index (χ4n) is 7.22. The number of anilines is 1. The number of hydrogen-bond acceptors (Lipinski definition) is 6. The van der Waals surface area contributed by atoms with Crippen LogP contribution < -0.4 is 4.90 Å². The van der Waals surface area contributed by atoms with Gasteiger partial charge in [0.2, 0.25) is 5.91 Å². The number of benzene rings is 1. The molecule has 2 saturated heterocycles. The standard InChI is InChI=1S/C31H40N2O6/c1-6-30-14-8-7-9-17-38-29(37)24(30)23-27(35)33(22(18-34)19(2)3)26-28(36)32(16-11-15-31(23,26)39-30)25-20(4)12-10-13-21(25)5/h8,10-15,19,22-24,26,34H,6-7,9,16-18H2,1-5H3/b14-8-/t22-,23-,24-,26?,30+,31-/m0/s1. The number of ether oxygens (including phenoxy) is 2. The number of aliphatic hydroxyl groups excluding tert-OH is 1. The second-order valence-corrected chi connectivity index (χ2v) is 11.7. The number of aryl methyl sites for hydroxylation is 2. The number of allylic oxidation sites excluding steroid dienone is 1. The maximum absolute atomic E-state index is 14.7. The average Bonchev–Trinajstić information content (AvgIpc) is 3.27. The van der Waals surface area contributed by atoms with Gasteiger partial charge >= 0.3 is 5.97 Å². The lowest BCUT2D eigenvalue weighted by Crippen LogP contribution is -2.60. The van der Waals surface area contributed by atoms with E-state index in [4.69, 9.17) is 9.47 Å². The van der Waals surface area contributed by atoms with Gasteiger partial charge in [-0.2, -0.15) is 0 Å². The van der Waals surface area contributed by atoms with Crippen molar-refractivity contribution in [3.63, 3.8) is 0 Å². The number of aliphatic hydroxyl groups is 1. The summed E-state index contributed by atoms with van der Waals surface area (Å²) >= 11 is 0. The number of para-hydroxylation sites is 1. The highest BCUT2D eigenvalue weighted by molar-refractivity contribution is 6.06. The van der Waals surface area contributed by atoms with Crippen LogP contribution in [-0.2, 0) is 23.9 Å². The number of rotatable bonds is 5. The Hall–Kier alpha value is -2.97. The summed E-state index contributed by atoms with van der Waals surface area (Å²) in [6.07, 6.45) is 9.52. The molecule has 1 aromatic carbocycles. The molecule has 2 fully saturated rings. The Morgan fingerprint density at radius 2 is 1.77 bits per heavy atom. The molecule has 4 aliphatic heterocycles. The molecule has 1 N–H and O–H groups in total. The molecule has 1 unspecified atom stereocenters. The molecule has 0 radical (unpaired) electrons. The molecule has 6 atom stereocenters. The van der Waals surface area contributed by atoms with E-state index in [1.165, 1.54) is 4.90 Å². The van der Waals surface area contributed by atoms with Crippen molar-refractivity contribution >= 4 is 23.5 Å². The summed E-state index contributed by atoms with van der Waals surface area (Å²) in [5, 5.41) is 10.5. The van der Waals surface area contributed by atoms with Crippen LogP contribution in [0, 0.1) is 31.6 Å². The van der Waals surface area contributed by atoms with Crippen LogP contribution in [0.2, 0.25) is 0 Å². The van der Waals surface area contributed by atoms with Crippen molar-refractivity contribution in [2.45, 2.75) is 77.2 Å². The number of hydrogen-bond donors (Lipinski definition) is 1. The van der Waals surface area contributed by atoms with Crippen molar-refractivity contribution < 1.29 is 29.0 Å². The molecular formula is C31H40N2O6. The number of esters is 1. The monoisotopic (exact) mass is 536 g/mol. The highest BCUT2D eigenvalue weighted by atomic mass is 16.6. The molecule has 39 heavy (non-hydrogen) atoms. The predicted molar refractivity (Wildman–Crippen MR) is 147 cm³/mol. The van der Waals surface area contributed by atoms with Gasteiger partial charge in [-0.15, -0.1) is 0 Å². The summed E-state index contributed by atoms with van der Waals surface area (Å²) < 4.78 is 12.7. The van der Waals surface area contributed by atoms with Crippen LogP contribution in [0.25, 0.3) is 0 Å². The summed E-state index contributed by atoms with van der Waals surface area (Å²) in [6.45, 7) is 9.97. The summed E-state index contributed by atoms with van der Waals surface area (Å²) in [4.78, 5) is 46.2. The number of cyclic esters (lactones) is 1. The predicted octanol–water partition coefficient (Wildman–Crippen LogP) is 3.48. The largest absolute Gasteiger partial charge is 0.465 e. The van der Waals surface area contributed by atoms with Crippen molar-refractivity contribution in [2.24, 2.45) is 17.8 Å². The molecule has 8 heteroatoms. The molecule has 210 valence electrons. The van der Waals surface area contributed by atoms with Crippen LogP contribution in [-0.4, -0.2) is 70.8 Å². The average molecular weight is 537 g/mol. The van der Waals surface area contributed by atoms with Gasteiger partial charge in [0, 0.05) is 12.2 Å². The van der Waals surface area contributed by atoms with Gasteiger partial charge in [-0.3, -0.25) is 14.4 Å². The molecule has 8 nitrogen and oxygen atoms in total. The lowest BCUT2D eigenvalue weighted by Gasteiger charge is -2.42. The first-order chi connectivity index (χ1) is 18.6. The van der Waals surface area contributed by atoms with Crippen molar-refractivity contribution in [2.75, 3.05) is 24.7 Å². The molecule has 0 aromatic heterocycles. The van der Waals surface area contributed by atoms with Gasteiger partial charge in [-0.25, -0.2) is 0 Å². The molecular weight excluding hydrogens is 496 g/mol. The summed E-state index contributed by atoms with van der Waals surface area (Å²) in [5.41, 5.74) is 0.228. The second-order valence-electron chi connectivity index (χ2n) is 11.7. The first kappa shape index (κ1) is 27.6. The summed E-state index contributed by atoms with van der Waals surface area (Å²) in [5.74, 6) is -3.09. The lowest BCUT2D eigenvalue weighted by atomic mass is 9.73. The number of nitrogens with zero attached hydrogens (tertiary/aromatic N) is 2. The highest BCUT2D eigenvalue weighted by Crippen LogP contribution is 2.59. The van der Waals surface area contributed by atoms with Gasteiger partial charge < -0.3 is 24.4 Å². The number of likely N-dealkylation sites (tertiary alicyclic amines) is 1. The number of amides is 2. The van der Waals surface area contributed by atoms with E-state index in [1.807, 2.05) is 77.1 Å². The van der Waals surface area contributed by atoms with Crippen LogP contribution in [0.5, 0.6) is 0 Å². The van der Waals surface area contributed by atoms with Gasteiger partial charge in [-0.1, -0.05) is 63.3 Å². The quantitative estimate of drug-likeness (QED) is 0.457. The Balaban J connectivity index is 1.73. The second kappa shape index (κ2) is 10.2. The molecule has 1 spiro atoms. The highest BCUT2D eigenvalue weighted by Gasteiger charge is 2.76. The minimum atomic E-state index is -1.38. The Labute approximate surface area is 230 Å². The van der Waals surface area contributed by atoms with Crippen LogP contribution in [0.1, 0.15) is 51.2 Å². The van der Waals surface area contributed by atoms with E-state index in [0.717, 1.165) is 23.2 Å². The van der Waals surface area contributed by atoms with Crippen molar-refractivity contribution in [3.05, 3.63) is 53.6 Å². The summed E-state index contributed by atoms with van der Waals surface area (Å²) in [7, 11) is 0. The third-order valence-corrected chi connectivity index (χ3v) is 9.09. The van der Waals surface area contributed by atoms with Crippen LogP contribution >= 0.6 is 0 Å². The van der Waals surface area contributed by atoms with E-state index in [2.05, 4.69) is 0 Å². The van der Waals surface area contributed by atoms with Gasteiger partial charge in [0.05, 0.1) is 25.2 Å².